The van der Waals surface area contributed by atoms with Gasteiger partial charge in [0, 0.05) is 0 Å². The average molecular weight is 465 g/mol. The van der Waals surface area contributed by atoms with E-state index in [9.17, 15) is 0 Å². The summed E-state index contributed by atoms with van der Waals surface area (Å²) in [6, 6.07) is 0. The van der Waals surface area contributed by atoms with Crippen molar-refractivity contribution < 1.29 is 0 Å². The lowest BCUT2D eigenvalue weighted by molar-refractivity contribution is -0.0771. The number of hydrogen-bond donors (Lipinski definition) is 0. The third-order valence-electron chi connectivity index (χ3n) is 14.3. The largest absolute Gasteiger partial charge is 0.0654 e. The molecule has 0 saturated heterocycles. The number of hydrogen-bond acceptors (Lipinski definition) is 0. The van der Waals surface area contributed by atoms with E-state index >= 15 is 0 Å². The molecular formula is C34H56. The normalized spacial score (nSPS) is 51.6. The van der Waals surface area contributed by atoms with E-state index in [1.165, 1.54) is 24.7 Å². The predicted molar refractivity (Wildman–Crippen MR) is 143 cm³/mol. The third-order valence-corrected chi connectivity index (χ3v) is 14.3. The van der Waals surface area contributed by atoms with Gasteiger partial charge in [-0.15, -0.1) is 0 Å². The first-order valence-corrected chi connectivity index (χ1v) is 16.8. The lowest BCUT2D eigenvalue weighted by Crippen LogP contribution is -2.49. The smallest absolute Gasteiger partial charge is 0.0235 e. The first kappa shape index (κ1) is 23.1. The Morgan fingerprint density at radius 2 is 1.21 bits per heavy atom. The van der Waals surface area contributed by atoms with Crippen LogP contribution in [0.1, 0.15) is 142 Å². The summed E-state index contributed by atoms with van der Waals surface area (Å²) in [7, 11) is 0. The Labute approximate surface area is 212 Å². The van der Waals surface area contributed by atoms with Gasteiger partial charge in [-0.3, -0.25) is 0 Å². The van der Waals surface area contributed by atoms with Crippen molar-refractivity contribution in [3.8, 4) is 0 Å². The standard InChI is InChI=1S/C34H56/c1-2-3-9-23-14-17-26(22-23)34(20-8-21-34)33-29-18-15-24-10-4-6-12-27(24)31(29)32-28-13-7-5-11-25(28)16-19-30(32)33/h23-33H,2-22H2,1H3. The van der Waals surface area contributed by atoms with Gasteiger partial charge in [0.1, 0.15) is 0 Å². The van der Waals surface area contributed by atoms with E-state index < -0.39 is 0 Å². The molecule has 0 aromatic rings. The molecule has 0 nitrogen and oxygen atoms in total. The van der Waals surface area contributed by atoms with Gasteiger partial charge >= 0.3 is 0 Å². The Morgan fingerprint density at radius 3 is 1.76 bits per heavy atom. The minimum atomic E-state index is 0.812. The van der Waals surface area contributed by atoms with Crippen LogP contribution in [-0.4, -0.2) is 0 Å². The highest BCUT2D eigenvalue weighted by atomic mass is 14.7. The van der Waals surface area contributed by atoms with E-state index in [-0.39, 0.29) is 0 Å². The molecule has 0 N–H and O–H groups in total. The second-order valence-corrected chi connectivity index (χ2v) is 15.2. The molecule has 0 heterocycles. The molecular weight excluding hydrogens is 408 g/mol. The van der Waals surface area contributed by atoms with Crippen molar-refractivity contribution in [2.24, 2.45) is 70.5 Å². The second-order valence-electron chi connectivity index (χ2n) is 15.2. The van der Waals surface area contributed by atoms with E-state index in [4.69, 9.17) is 0 Å². The maximum absolute atomic E-state index is 2.40. The van der Waals surface area contributed by atoms with E-state index in [1.54, 1.807) is 122 Å². The molecule has 0 spiro atoms. The molecule has 10 unspecified atom stereocenters. The molecule has 0 aliphatic heterocycles. The lowest BCUT2D eigenvalue weighted by Gasteiger charge is -2.57. The molecule has 7 fully saturated rings. The zero-order chi connectivity index (χ0) is 22.7. The predicted octanol–water partition coefficient (Wildman–Crippen LogP) is 10.1. The zero-order valence-electron chi connectivity index (χ0n) is 22.7. The molecule has 7 saturated carbocycles. The summed E-state index contributed by atoms with van der Waals surface area (Å²) in [5, 5.41) is 0. The van der Waals surface area contributed by atoms with Crippen LogP contribution in [0.15, 0.2) is 0 Å². The molecule has 0 aromatic heterocycles. The fourth-order valence-electron chi connectivity index (χ4n) is 13.1. The Kier molecular flexibility index (Phi) is 6.39. The SMILES string of the molecule is CCCCC1CCC(C2(C3C4CCC5CCCCC5C4C4C5CCCCC5CCC43)CCC2)C1. The second kappa shape index (κ2) is 9.39. The van der Waals surface area contributed by atoms with E-state index in [2.05, 4.69) is 6.92 Å². The van der Waals surface area contributed by atoms with Crippen molar-refractivity contribution in [2.75, 3.05) is 0 Å². The fourth-order valence-corrected chi connectivity index (χ4v) is 13.1. The highest BCUT2D eigenvalue weighted by Crippen LogP contribution is 2.73. The van der Waals surface area contributed by atoms with E-state index in [0.29, 0.717) is 0 Å². The minimum absolute atomic E-state index is 0.812. The van der Waals surface area contributed by atoms with E-state index in [1.807, 2.05) is 0 Å². The zero-order valence-corrected chi connectivity index (χ0v) is 22.7. The van der Waals surface area contributed by atoms with Crippen molar-refractivity contribution in [1.82, 2.24) is 0 Å². The maximum atomic E-state index is 2.40. The molecule has 0 bridgehead atoms. The third kappa shape index (κ3) is 3.56. The summed E-state index contributed by atoms with van der Waals surface area (Å²) in [6.45, 7) is 2.40. The highest BCUT2D eigenvalue weighted by Gasteiger charge is 2.66. The van der Waals surface area contributed by atoms with Crippen LogP contribution >= 0.6 is 0 Å². The summed E-state index contributed by atoms with van der Waals surface area (Å²) < 4.78 is 0. The Hall–Kier alpha value is 0. The topological polar surface area (TPSA) is 0 Å². The highest BCUT2D eigenvalue weighted by molar-refractivity contribution is 5.14. The van der Waals surface area contributed by atoms with Gasteiger partial charge in [-0.05, 0) is 135 Å². The van der Waals surface area contributed by atoms with Crippen molar-refractivity contribution >= 4 is 0 Å². The Balaban J connectivity index is 1.22. The molecule has 7 rings (SSSR count). The van der Waals surface area contributed by atoms with Gasteiger partial charge in [0.2, 0.25) is 0 Å². The summed E-state index contributed by atoms with van der Waals surface area (Å²) in [4.78, 5) is 0. The monoisotopic (exact) mass is 464 g/mol. The van der Waals surface area contributed by atoms with Crippen LogP contribution in [0.25, 0.3) is 0 Å². The minimum Gasteiger partial charge on any atom is -0.0654 e. The van der Waals surface area contributed by atoms with Crippen molar-refractivity contribution in [3.05, 3.63) is 0 Å². The van der Waals surface area contributed by atoms with Crippen LogP contribution in [0.5, 0.6) is 0 Å². The van der Waals surface area contributed by atoms with Gasteiger partial charge in [0.15, 0.2) is 0 Å². The van der Waals surface area contributed by atoms with Crippen LogP contribution in [0.2, 0.25) is 0 Å². The number of unbranched alkanes of at least 4 members (excludes halogenated alkanes) is 1. The molecule has 0 aromatic carbocycles. The van der Waals surface area contributed by atoms with Gasteiger partial charge in [-0.1, -0.05) is 77.6 Å². The molecule has 7 aliphatic rings. The Morgan fingerprint density at radius 1 is 0.588 bits per heavy atom. The lowest BCUT2D eigenvalue weighted by atomic mass is 9.48. The molecule has 7 aliphatic carbocycles. The first-order valence-electron chi connectivity index (χ1n) is 16.8. The summed E-state index contributed by atoms with van der Waals surface area (Å²) in [6.07, 6.45) is 33.6. The van der Waals surface area contributed by atoms with Crippen LogP contribution < -0.4 is 0 Å². The molecule has 192 valence electrons. The summed E-state index contributed by atoms with van der Waals surface area (Å²) in [5.41, 5.74) is 0.812. The van der Waals surface area contributed by atoms with Gasteiger partial charge in [0.25, 0.3) is 0 Å². The van der Waals surface area contributed by atoms with E-state index in [0.717, 1.165) is 58.7 Å². The molecule has 34 heavy (non-hydrogen) atoms. The van der Waals surface area contributed by atoms with Crippen LogP contribution in [-0.2, 0) is 0 Å². The number of fused-ring (bicyclic) bond motifs is 7. The summed E-state index contributed by atoms with van der Waals surface area (Å²) in [5.74, 6) is 12.6. The van der Waals surface area contributed by atoms with Crippen LogP contribution in [0, 0.1) is 70.5 Å². The van der Waals surface area contributed by atoms with Crippen LogP contribution in [0.4, 0.5) is 0 Å². The van der Waals surface area contributed by atoms with Crippen molar-refractivity contribution in [2.45, 2.75) is 142 Å². The summed E-state index contributed by atoms with van der Waals surface area (Å²) >= 11 is 0. The molecule has 10 atom stereocenters. The van der Waals surface area contributed by atoms with Gasteiger partial charge in [-0.25, -0.2) is 0 Å². The maximum Gasteiger partial charge on any atom is -0.0235 e. The molecule has 0 radical (unpaired) electrons. The van der Waals surface area contributed by atoms with Gasteiger partial charge in [0.05, 0.1) is 0 Å². The molecule has 0 heteroatoms. The fraction of sp³-hybridized carbons (Fsp3) is 1.00. The van der Waals surface area contributed by atoms with Crippen molar-refractivity contribution in [3.63, 3.8) is 0 Å². The van der Waals surface area contributed by atoms with Gasteiger partial charge in [-0.2, -0.15) is 0 Å². The first-order chi connectivity index (χ1) is 16.8. The average Bonchev–Trinajstić information content (AvgIpc) is 3.46. The van der Waals surface area contributed by atoms with Crippen molar-refractivity contribution in [1.29, 1.82) is 0 Å². The van der Waals surface area contributed by atoms with Gasteiger partial charge < -0.3 is 0 Å². The number of rotatable bonds is 5. The van der Waals surface area contributed by atoms with Crippen LogP contribution in [0.3, 0.4) is 0 Å². The quantitative estimate of drug-likeness (QED) is 0.379. The molecule has 0 amide bonds. The Bertz CT molecular complexity index is 665.